The zero-order chi connectivity index (χ0) is 8.27. The Bertz CT molecular complexity index is 254. The molecule has 0 saturated heterocycles. The van der Waals surface area contributed by atoms with Crippen LogP contribution in [-0.4, -0.2) is 24.2 Å². The van der Waals surface area contributed by atoms with Crippen molar-refractivity contribution >= 4 is 15.9 Å². The van der Waals surface area contributed by atoms with Gasteiger partial charge in [-0.15, -0.1) is 0 Å². The van der Waals surface area contributed by atoms with E-state index in [1.807, 2.05) is 0 Å². The molecular weight excluding hydrogens is 212 g/mol. The first kappa shape index (κ1) is 8.26. The summed E-state index contributed by atoms with van der Waals surface area (Å²) in [4.78, 5) is 7.88. The van der Waals surface area contributed by atoms with E-state index in [2.05, 4.69) is 25.9 Å². The van der Waals surface area contributed by atoms with Crippen molar-refractivity contribution in [3.8, 4) is 11.8 Å². The second-order valence-corrected chi connectivity index (χ2v) is 2.52. The van der Waals surface area contributed by atoms with Crippen LogP contribution in [0.25, 0.3) is 0 Å². The highest BCUT2D eigenvalue weighted by molar-refractivity contribution is 9.10. The summed E-state index contributed by atoms with van der Waals surface area (Å²) in [5.74, 6) is 0.762. The molecule has 1 heterocycles. The minimum absolute atomic E-state index is 0.377. The molecule has 1 rings (SSSR count). The van der Waals surface area contributed by atoms with Gasteiger partial charge in [-0.05, 0) is 15.9 Å². The number of nitrogens with zero attached hydrogens (tertiary/aromatic N) is 2. The molecule has 0 saturated carbocycles. The molecule has 5 heteroatoms. The Morgan fingerprint density at radius 3 is 2.45 bits per heavy atom. The summed E-state index contributed by atoms with van der Waals surface area (Å²) in [5.41, 5.74) is 0. The fourth-order valence-electron chi connectivity index (χ4n) is 0.614. The van der Waals surface area contributed by atoms with Crippen molar-refractivity contribution in [3.63, 3.8) is 0 Å². The maximum absolute atomic E-state index is 4.89. The van der Waals surface area contributed by atoms with Gasteiger partial charge >= 0.3 is 0 Å². The number of hydrogen-bond acceptors (Lipinski definition) is 4. The van der Waals surface area contributed by atoms with Crippen LogP contribution < -0.4 is 9.47 Å². The van der Waals surface area contributed by atoms with Crippen LogP contribution in [0.3, 0.4) is 0 Å². The van der Waals surface area contributed by atoms with E-state index in [0.29, 0.717) is 16.4 Å². The number of rotatable bonds is 2. The second-order valence-electron chi connectivity index (χ2n) is 1.71. The molecule has 0 fully saturated rings. The monoisotopic (exact) mass is 218 g/mol. The molecule has 0 aliphatic carbocycles. The summed E-state index contributed by atoms with van der Waals surface area (Å²) in [6, 6.07) is 0. The fraction of sp³-hybridized carbons (Fsp3) is 0.333. The Hall–Kier alpha value is -0.840. The average molecular weight is 219 g/mol. The molecular formula is C6H7BrN2O2. The zero-order valence-electron chi connectivity index (χ0n) is 6.17. The molecule has 4 nitrogen and oxygen atoms in total. The highest BCUT2D eigenvalue weighted by Crippen LogP contribution is 2.21. The van der Waals surface area contributed by atoms with E-state index in [4.69, 9.17) is 9.47 Å². The molecule has 0 aliphatic heterocycles. The van der Waals surface area contributed by atoms with Crippen molar-refractivity contribution in [2.45, 2.75) is 0 Å². The van der Waals surface area contributed by atoms with Crippen molar-refractivity contribution < 1.29 is 9.47 Å². The Morgan fingerprint density at radius 2 is 1.91 bits per heavy atom. The summed E-state index contributed by atoms with van der Waals surface area (Å²) >= 11 is 3.16. The van der Waals surface area contributed by atoms with Gasteiger partial charge in [-0.1, -0.05) is 0 Å². The third-order valence-corrected chi connectivity index (χ3v) is 1.45. The van der Waals surface area contributed by atoms with E-state index in [1.54, 1.807) is 6.20 Å². The van der Waals surface area contributed by atoms with Gasteiger partial charge in [0.15, 0.2) is 0 Å². The summed E-state index contributed by atoms with van der Waals surface area (Å²) < 4.78 is 10.4. The SMILES string of the molecule is COc1ncc(Br)nc1OC. The smallest absolute Gasteiger partial charge is 0.278 e. The van der Waals surface area contributed by atoms with E-state index in [9.17, 15) is 0 Å². The van der Waals surface area contributed by atoms with Gasteiger partial charge in [0, 0.05) is 0 Å². The Balaban J connectivity index is 3.06. The van der Waals surface area contributed by atoms with Gasteiger partial charge in [0.1, 0.15) is 4.60 Å². The fourth-order valence-corrected chi connectivity index (χ4v) is 0.877. The summed E-state index contributed by atoms with van der Waals surface area (Å²) in [6.07, 6.45) is 1.54. The van der Waals surface area contributed by atoms with E-state index >= 15 is 0 Å². The molecule has 0 spiro atoms. The van der Waals surface area contributed by atoms with Gasteiger partial charge in [0.25, 0.3) is 11.8 Å². The molecule has 0 aliphatic rings. The molecule has 0 amide bonds. The van der Waals surface area contributed by atoms with Crippen LogP contribution >= 0.6 is 15.9 Å². The molecule has 0 bridgehead atoms. The van der Waals surface area contributed by atoms with Gasteiger partial charge in [0.2, 0.25) is 0 Å². The van der Waals surface area contributed by atoms with E-state index < -0.39 is 0 Å². The van der Waals surface area contributed by atoms with Crippen molar-refractivity contribution in [1.29, 1.82) is 0 Å². The predicted molar refractivity (Wildman–Crippen MR) is 42.8 cm³/mol. The molecule has 60 valence electrons. The van der Waals surface area contributed by atoms with Crippen molar-refractivity contribution in [1.82, 2.24) is 9.97 Å². The van der Waals surface area contributed by atoms with Crippen LogP contribution in [0.15, 0.2) is 10.8 Å². The molecule has 1 aromatic heterocycles. The van der Waals surface area contributed by atoms with Gasteiger partial charge in [-0.2, -0.15) is 4.98 Å². The summed E-state index contributed by atoms with van der Waals surface area (Å²) in [5, 5.41) is 0. The molecule has 11 heavy (non-hydrogen) atoms. The van der Waals surface area contributed by atoms with Gasteiger partial charge < -0.3 is 9.47 Å². The Morgan fingerprint density at radius 1 is 1.27 bits per heavy atom. The lowest BCUT2D eigenvalue weighted by molar-refractivity contribution is 0.330. The molecule has 0 unspecified atom stereocenters. The van der Waals surface area contributed by atoms with Crippen molar-refractivity contribution in [2.24, 2.45) is 0 Å². The van der Waals surface area contributed by atoms with Crippen LogP contribution in [0.5, 0.6) is 11.8 Å². The highest BCUT2D eigenvalue weighted by Gasteiger charge is 2.05. The third kappa shape index (κ3) is 1.80. The topological polar surface area (TPSA) is 44.2 Å². The van der Waals surface area contributed by atoms with Crippen LogP contribution in [-0.2, 0) is 0 Å². The van der Waals surface area contributed by atoms with E-state index in [0.717, 1.165) is 0 Å². The van der Waals surface area contributed by atoms with Gasteiger partial charge in [-0.25, -0.2) is 4.98 Å². The quantitative estimate of drug-likeness (QED) is 0.750. The largest absolute Gasteiger partial charge is 0.477 e. The van der Waals surface area contributed by atoms with Crippen molar-refractivity contribution in [3.05, 3.63) is 10.8 Å². The number of hydrogen-bond donors (Lipinski definition) is 0. The molecule has 0 atom stereocenters. The van der Waals surface area contributed by atoms with Gasteiger partial charge in [-0.3, -0.25) is 0 Å². The number of aromatic nitrogens is 2. The summed E-state index contributed by atoms with van der Waals surface area (Å²) in [7, 11) is 3.03. The van der Waals surface area contributed by atoms with Crippen LogP contribution in [0, 0.1) is 0 Å². The maximum Gasteiger partial charge on any atom is 0.278 e. The number of halogens is 1. The number of methoxy groups -OCH3 is 2. The van der Waals surface area contributed by atoms with Crippen molar-refractivity contribution in [2.75, 3.05) is 14.2 Å². The Labute approximate surface area is 72.7 Å². The van der Waals surface area contributed by atoms with Gasteiger partial charge in [0.05, 0.1) is 20.4 Å². The standard InChI is InChI=1S/C6H7BrN2O2/c1-10-5-6(11-2)9-4(7)3-8-5/h3H,1-2H3. The first-order chi connectivity index (χ1) is 5.27. The lowest BCUT2D eigenvalue weighted by Crippen LogP contribution is -1.95. The lowest BCUT2D eigenvalue weighted by Gasteiger charge is -2.03. The lowest BCUT2D eigenvalue weighted by atomic mass is 10.7. The normalized spacial score (nSPS) is 9.36. The maximum atomic E-state index is 4.89. The zero-order valence-corrected chi connectivity index (χ0v) is 7.75. The minimum atomic E-state index is 0.377. The first-order valence-corrected chi connectivity index (χ1v) is 3.67. The summed E-state index contributed by atoms with van der Waals surface area (Å²) in [6.45, 7) is 0. The minimum Gasteiger partial charge on any atom is -0.477 e. The third-order valence-electron chi connectivity index (χ3n) is 1.07. The molecule has 1 aromatic rings. The average Bonchev–Trinajstić information content (AvgIpc) is 2.04. The van der Waals surface area contributed by atoms with Crippen LogP contribution in [0.4, 0.5) is 0 Å². The van der Waals surface area contributed by atoms with Crippen LogP contribution in [0.1, 0.15) is 0 Å². The number of ether oxygens (including phenoxy) is 2. The molecule has 0 N–H and O–H groups in total. The predicted octanol–water partition coefficient (Wildman–Crippen LogP) is 1.26. The van der Waals surface area contributed by atoms with E-state index in [1.165, 1.54) is 14.2 Å². The van der Waals surface area contributed by atoms with Crippen LogP contribution in [0.2, 0.25) is 0 Å². The highest BCUT2D eigenvalue weighted by atomic mass is 79.9. The Kier molecular flexibility index (Phi) is 2.64. The first-order valence-electron chi connectivity index (χ1n) is 2.88. The van der Waals surface area contributed by atoms with E-state index in [-0.39, 0.29) is 0 Å². The molecule has 0 aromatic carbocycles. The molecule has 0 radical (unpaired) electrons. The second kappa shape index (κ2) is 3.52.